The van der Waals surface area contributed by atoms with Crippen LogP contribution in [0.4, 0.5) is 4.39 Å². The first-order chi connectivity index (χ1) is 12.0. The van der Waals surface area contributed by atoms with Crippen LogP contribution in [0.1, 0.15) is 31.4 Å². The van der Waals surface area contributed by atoms with E-state index < -0.39 is 5.41 Å². The van der Waals surface area contributed by atoms with Gasteiger partial charge in [0, 0.05) is 18.1 Å². The fraction of sp³-hybridized carbons (Fsp3) is 0.381. The van der Waals surface area contributed by atoms with Crippen molar-refractivity contribution in [2.45, 2.75) is 31.4 Å². The van der Waals surface area contributed by atoms with E-state index in [-0.39, 0.29) is 17.1 Å². The highest BCUT2D eigenvalue weighted by atomic mass is 32.2. The van der Waals surface area contributed by atoms with Crippen molar-refractivity contribution in [3.63, 3.8) is 0 Å². The van der Waals surface area contributed by atoms with E-state index >= 15 is 0 Å². The third-order valence-electron chi connectivity index (χ3n) is 5.11. The Labute approximate surface area is 153 Å². The average Bonchev–Trinajstić information content (AvgIpc) is 3.20. The van der Waals surface area contributed by atoms with Crippen LogP contribution >= 0.6 is 11.8 Å². The van der Waals surface area contributed by atoms with Gasteiger partial charge in [-0.1, -0.05) is 56.3 Å². The maximum Gasteiger partial charge on any atom is 0.231 e. The van der Waals surface area contributed by atoms with Gasteiger partial charge in [-0.2, -0.15) is 11.8 Å². The van der Waals surface area contributed by atoms with Crippen LogP contribution in [0.5, 0.6) is 0 Å². The number of carbonyl (C=O) groups excluding carboxylic acids is 1. The summed E-state index contributed by atoms with van der Waals surface area (Å²) in [7, 11) is 0. The molecule has 0 aliphatic heterocycles. The highest BCUT2D eigenvalue weighted by Crippen LogP contribution is 2.64. The Morgan fingerprint density at radius 2 is 1.76 bits per heavy atom. The number of hydrogen-bond donors (Lipinski definition) is 1. The molecule has 0 heterocycles. The first kappa shape index (κ1) is 18.0. The van der Waals surface area contributed by atoms with Crippen molar-refractivity contribution in [1.82, 2.24) is 5.32 Å². The van der Waals surface area contributed by atoms with Gasteiger partial charge in [-0.3, -0.25) is 4.79 Å². The van der Waals surface area contributed by atoms with Crippen molar-refractivity contribution >= 4 is 17.7 Å². The lowest BCUT2D eigenvalue weighted by Crippen LogP contribution is -2.38. The van der Waals surface area contributed by atoms with E-state index in [2.05, 4.69) is 31.3 Å². The van der Waals surface area contributed by atoms with Gasteiger partial charge in [-0.15, -0.1) is 0 Å². The Bertz CT molecular complexity index is 729. The Morgan fingerprint density at radius 3 is 2.36 bits per heavy atom. The molecule has 0 saturated heterocycles. The molecule has 4 heteroatoms. The minimum Gasteiger partial charge on any atom is -0.354 e. The molecular formula is C21H24FNOS. The fourth-order valence-corrected chi connectivity index (χ4v) is 4.34. The molecule has 3 rings (SSSR count). The number of benzene rings is 2. The summed E-state index contributed by atoms with van der Waals surface area (Å²) in [6.07, 6.45) is 0.800. The molecule has 0 bridgehead atoms. The summed E-state index contributed by atoms with van der Waals surface area (Å²) in [5, 5.41) is 3.09. The molecule has 0 aromatic heterocycles. The largest absolute Gasteiger partial charge is 0.354 e. The minimum absolute atomic E-state index is 0.0596. The predicted octanol–water partition coefficient (Wildman–Crippen LogP) is 4.54. The number of amides is 1. The molecule has 1 N–H and O–H groups in total. The number of halogens is 1. The van der Waals surface area contributed by atoms with Crippen LogP contribution in [0.25, 0.3) is 0 Å². The highest BCUT2D eigenvalue weighted by molar-refractivity contribution is 7.98. The Balaban J connectivity index is 1.53. The molecule has 0 radical (unpaired) electrons. The topological polar surface area (TPSA) is 29.1 Å². The van der Waals surface area contributed by atoms with E-state index in [1.54, 1.807) is 12.1 Å². The van der Waals surface area contributed by atoms with Crippen LogP contribution in [0.15, 0.2) is 54.6 Å². The number of carbonyl (C=O) groups is 1. The van der Waals surface area contributed by atoms with Crippen molar-refractivity contribution in [2.24, 2.45) is 5.41 Å². The quantitative estimate of drug-likeness (QED) is 0.737. The maximum absolute atomic E-state index is 13.2. The molecule has 1 aliphatic rings. The smallest absolute Gasteiger partial charge is 0.231 e. The van der Waals surface area contributed by atoms with Crippen molar-refractivity contribution in [3.05, 3.63) is 71.5 Å². The van der Waals surface area contributed by atoms with Crippen molar-refractivity contribution in [1.29, 1.82) is 0 Å². The van der Waals surface area contributed by atoms with Crippen LogP contribution in [0.2, 0.25) is 0 Å². The minimum atomic E-state index is -0.523. The summed E-state index contributed by atoms with van der Waals surface area (Å²) in [4.78, 5) is 12.8. The summed E-state index contributed by atoms with van der Waals surface area (Å²) >= 11 is 1.81. The number of hydrogen-bond acceptors (Lipinski definition) is 2. The van der Waals surface area contributed by atoms with Gasteiger partial charge in [0.05, 0.1) is 5.41 Å². The van der Waals surface area contributed by atoms with Crippen LogP contribution in [0.3, 0.4) is 0 Å². The Hall–Kier alpha value is -1.81. The van der Waals surface area contributed by atoms with Gasteiger partial charge in [0.15, 0.2) is 0 Å². The van der Waals surface area contributed by atoms with Gasteiger partial charge in [0.2, 0.25) is 5.91 Å². The fourth-order valence-electron chi connectivity index (χ4n) is 3.52. The molecule has 2 aromatic rings. The molecule has 1 saturated carbocycles. The lowest BCUT2D eigenvalue weighted by Gasteiger charge is -2.20. The standard InChI is InChI=1S/C21H24FNOS/c1-20(2)15-21(20,17-8-10-18(22)11-9-17)19(24)23-12-13-25-14-16-6-4-3-5-7-16/h3-11H,12-15H2,1-2H3,(H,23,24). The summed E-state index contributed by atoms with van der Waals surface area (Å²) in [6, 6.07) is 16.7. The van der Waals surface area contributed by atoms with Crippen LogP contribution < -0.4 is 5.32 Å². The number of thioether (sulfide) groups is 1. The monoisotopic (exact) mass is 357 g/mol. The molecule has 1 unspecified atom stereocenters. The van der Waals surface area contributed by atoms with Crippen molar-refractivity contribution in [3.8, 4) is 0 Å². The first-order valence-corrected chi connectivity index (χ1v) is 9.77. The maximum atomic E-state index is 13.2. The van der Waals surface area contributed by atoms with Crippen LogP contribution in [-0.2, 0) is 16.0 Å². The van der Waals surface area contributed by atoms with Gasteiger partial charge in [0.1, 0.15) is 5.82 Å². The molecule has 1 atom stereocenters. The lowest BCUT2D eigenvalue weighted by molar-refractivity contribution is -0.124. The Kier molecular flexibility index (Phi) is 5.19. The zero-order valence-corrected chi connectivity index (χ0v) is 15.5. The number of rotatable bonds is 7. The summed E-state index contributed by atoms with van der Waals surface area (Å²) < 4.78 is 13.2. The van der Waals surface area contributed by atoms with E-state index in [4.69, 9.17) is 0 Å². The SMILES string of the molecule is CC1(C)CC1(C(=O)NCCSCc1ccccc1)c1ccc(F)cc1. The summed E-state index contributed by atoms with van der Waals surface area (Å²) in [5.74, 6) is 1.62. The van der Waals surface area contributed by atoms with Gasteiger partial charge in [-0.05, 0) is 35.1 Å². The molecule has 25 heavy (non-hydrogen) atoms. The zero-order chi connectivity index (χ0) is 17.9. The normalized spacial score (nSPS) is 20.9. The molecule has 1 aliphatic carbocycles. The lowest BCUT2D eigenvalue weighted by atomic mass is 9.87. The molecule has 2 nitrogen and oxygen atoms in total. The van der Waals surface area contributed by atoms with Crippen LogP contribution in [0, 0.1) is 11.2 Å². The van der Waals surface area contributed by atoms with Crippen molar-refractivity contribution < 1.29 is 9.18 Å². The second-order valence-corrected chi connectivity index (χ2v) is 8.37. The second kappa shape index (κ2) is 7.20. The molecule has 2 aromatic carbocycles. The molecule has 132 valence electrons. The second-order valence-electron chi connectivity index (χ2n) is 7.27. The first-order valence-electron chi connectivity index (χ1n) is 8.62. The van der Waals surface area contributed by atoms with Gasteiger partial charge < -0.3 is 5.32 Å². The molecule has 1 amide bonds. The number of nitrogens with one attached hydrogen (secondary N) is 1. The van der Waals surface area contributed by atoms with E-state index in [1.807, 2.05) is 30.0 Å². The van der Waals surface area contributed by atoms with E-state index in [9.17, 15) is 9.18 Å². The summed E-state index contributed by atoms with van der Waals surface area (Å²) in [6.45, 7) is 4.84. The van der Waals surface area contributed by atoms with Gasteiger partial charge >= 0.3 is 0 Å². The van der Waals surface area contributed by atoms with E-state index in [0.29, 0.717) is 6.54 Å². The summed E-state index contributed by atoms with van der Waals surface area (Å²) in [5.41, 5.74) is 1.59. The third kappa shape index (κ3) is 3.74. The molecule has 0 spiro atoms. The predicted molar refractivity (Wildman–Crippen MR) is 102 cm³/mol. The zero-order valence-electron chi connectivity index (χ0n) is 14.7. The van der Waals surface area contributed by atoms with E-state index in [1.165, 1.54) is 17.7 Å². The Morgan fingerprint density at radius 1 is 1.12 bits per heavy atom. The van der Waals surface area contributed by atoms with Gasteiger partial charge in [-0.25, -0.2) is 4.39 Å². The third-order valence-corrected chi connectivity index (χ3v) is 6.14. The van der Waals surface area contributed by atoms with Gasteiger partial charge in [0.25, 0.3) is 0 Å². The van der Waals surface area contributed by atoms with Crippen molar-refractivity contribution in [2.75, 3.05) is 12.3 Å². The highest BCUT2D eigenvalue weighted by Gasteiger charge is 2.66. The molecule has 1 fully saturated rings. The average molecular weight is 357 g/mol. The van der Waals surface area contributed by atoms with Crippen LogP contribution in [-0.4, -0.2) is 18.2 Å². The van der Waals surface area contributed by atoms with E-state index in [0.717, 1.165) is 23.5 Å². The molecular weight excluding hydrogens is 333 g/mol.